The van der Waals surface area contributed by atoms with Crippen LogP contribution in [0.1, 0.15) is 22.5 Å². The Bertz CT molecular complexity index is 920. The molecule has 0 radical (unpaired) electrons. The quantitative estimate of drug-likeness (QED) is 0.606. The summed E-state index contributed by atoms with van der Waals surface area (Å²) in [5.74, 6) is -0.444. The maximum atomic E-state index is 13.0. The number of ether oxygens (including phenoxy) is 1. The highest BCUT2D eigenvalue weighted by Crippen LogP contribution is 2.24. The molecule has 0 aliphatic rings. The van der Waals surface area contributed by atoms with Crippen LogP contribution in [0.5, 0.6) is 0 Å². The molecule has 3 aromatic rings. The van der Waals surface area contributed by atoms with Crippen LogP contribution in [0.2, 0.25) is 5.02 Å². The van der Waals surface area contributed by atoms with Gasteiger partial charge in [0.05, 0.1) is 13.5 Å². The van der Waals surface area contributed by atoms with E-state index in [9.17, 15) is 9.59 Å². The van der Waals surface area contributed by atoms with Gasteiger partial charge >= 0.3 is 5.97 Å². The van der Waals surface area contributed by atoms with Crippen molar-refractivity contribution in [1.29, 1.82) is 0 Å². The minimum Gasteiger partial charge on any atom is -0.469 e. The first-order valence-electron chi connectivity index (χ1n) is 8.16. The molecule has 0 aliphatic heterocycles. The molecule has 0 N–H and O–H groups in total. The number of halogens is 1. The van der Waals surface area contributed by atoms with Gasteiger partial charge in [-0.2, -0.15) is 0 Å². The smallest absolute Gasteiger partial charge is 0.307 e. The lowest BCUT2D eigenvalue weighted by atomic mass is 10.2. The lowest BCUT2D eigenvalue weighted by molar-refractivity contribution is -0.140. The second kappa shape index (κ2) is 8.06. The van der Waals surface area contributed by atoms with Gasteiger partial charge in [-0.05, 0) is 29.8 Å². The molecule has 6 heteroatoms. The highest BCUT2D eigenvalue weighted by molar-refractivity contribution is 6.31. The molecule has 1 amide bonds. The fourth-order valence-electron chi connectivity index (χ4n) is 2.66. The van der Waals surface area contributed by atoms with E-state index in [0.717, 1.165) is 10.9 Å². The van der Waals surface area contributed by atoms with E-state index in [1.165, 1.54) is 7.11 Å². The zero-order valence-corrected chi connectivity index (χ0v) is 15.0. The van der Waals surface area contributed by atoms with E-state index in [1.54, 1.807) is 29.2 Å². The van der Waals surface area contributed by atoms with Crippen molar-refractivity contribution in [2.75, 3.05) is 13.7 Å². The standard InChI is InChI=1S/C20H18ClNO4/c1-25-19(23)9-10-22(13-14-5-3-2-4-6-14)20(24)18-12-15-11-16(21)7-8-17(15)26-18/h2-8,11-12H,9-10,13H2,1H3. The number of esters is 1. The zero-order valence-electron chi connectivity index (χ0n) is 14.3. The van der Waals surface area contributed by atoms with Crippen molar-refractivity contribution in [3.05, 3.63) is 70.9 Å². The summed E-state index contributed by atoms with van der Waals surface area (Å²) in [6.45, 7) is 0.604. The van der Waals surface area contributed by atoms with Gasteiger partial charge in [0, 0.05) is 23.5 Å². The summed E-state index contributed by atoms with van der Waals surface area (Å²) in [5.41, 5.74) is 1.55. The Morgan fingerprint density at radius 3 is 2.62 bits per heavy atom. The van der Waals surface area contributed by atoms with E-state index in [1.807, 2.05) is 30.3 Å². The molecular weight excluding hydrogens is 354 g/mol. The molecule has 26 heavy (non-hydrogen) atoms. The molecule has 5 nitrogen and oxygen atoms in total. The number of hydrogen-bond donors (Lipinski definition) is 0. The van der Waals surface area contributed by atoms with Gasteiger partial charge in [0.2, 0.25) is 0 Å². The first kappa shape index (κ1) is 18.0. The monoisotopic (exact) mass is 371 g/mol. The van der Waals surface area contributed by atoms with Crippen molar-refractivity contribution in [2.45, 2.75) is 13.0 Å². The van der Waals surface area contributed by atoms with Gasteiger partial charge in [0.1, 0.15) is 5.58 Å². The second-order valence-electron chi connectivity index (χ2n) is 5.83. The Balaban J connectivity index is 1.85. The molecule has 134 valence electrons. The average molecular weight is 372 g/mol. The number of furan rings is 1. The van der Waals surface area contributed by atoms with Crippen molar-refractivity contribution in [1.82, 2.24) is 4.90 Å². The van der Waals surface area contributed by atoms with Crippen LogP contribution in [-0.4, -0.2) is 30.4 Å². The van der Waals surface area contributed by atoms with Crippen LogP contribution in [0.15, 0.2) is 59.0 Å². The number of carbonyl (C=O) groups excluding carboxylic acids is 2. The zero-order chi connectivity index (χ0) is 18.5. The van der Waals surface area contributed by atoms with Gasteiger partial charge in [0.25, 0.3) is 5.91 Å². The van der Waals surface area contributed by atoms with Gasteiger partial charge < -0.3 is 14.1 Å². The van der Waals surface area contributed by atoms with Crippen molar-refractivity contribution in [3.8, 4) is 0 Å². The van der Waals surface area contributed by atoms with Crippen LogP contribution in [0.3, 0.4) is 0 Å². The topological polar surface area (TPSA) is 59.8 Å². The van der Waals surface area contributed by atoms with Crippen molar-refractivity contribution in [3.63, 3.8) is 0 Å². The predicted octanol–water partition coefficient (Wildman–Crippen LogP) is 4.29. The van der Waals surface area contributed by atoms with E-state index < -0.39 is 0 Å². The number of fused-ring (bicyclic) bond motifs is 1. The highest BCUT2D eigenvalue weighted by Gasteiger charge is 2.21. The summed E-state index contributed by atoms with van der Waals surface area (Å²) in [5, 5.41) is 1.33. The number of rotatable bonds is 6. The van der Waals surface area contributed by atoms with E-state index in [-0.39, 0.29) is 30.6 Å². The van der Waals surface area contributed by atoms with Gasteiger partial charge in [-0.25, -0.2) is 0 Å². The predicted molar refractivity (Wildman–Crippen MR) is 99.0 cm³/mol. The molecule has 0 saturated heterocycles. The molecule has 0 spiro atoms. The third kappa shape index (κ3) is 4.24. The summed E-state index contributed by atoms with van der Waals surface area (Å²) in [6.07, 6.45) is 0.112. The summed E-state index contributed by atoms with van der Waals surface area (Å²) in [4.78, 5) is 26.0. The molecule has 0 fully saturated rings. The van der Waals surface area contributed by atoms with Gasteiger partial charge in [-0.1, -0.05) is 41.9 Å². The van der Waals surface area contributed by atoms with Gasteiger partial charge in [0.15, 0.2) is 5.76 Å². The highest BCUT2D eigenvalue weighted by atomic mass is 35.5. The van der Waals surface area contributed by atoms with Crippen molar-refractivity contribution < 1.29 is 18.7 Å². The summed E-state index contributed by atoms with van der Waals surface area (Å²) in [6, 6.07) is 16.4. The minimum absolute atomic E-state index is 0.112. The number of benzene rings is 2. The fraction of sp³-hybridized carbons (Fsp3) is 0.200. The van der Waals surface area contributed by atoms with Gasteiger partial charge in [-0.15, -0.1) is 0 Å². The molecule has 1 aromatic heterocycles. The number of hydrogen-bond acceptors (Lipinski definition) is 4. The maximum Gasteiger partial charge on any atom is 0.307 e. The Morgan fingerprint density at radius 2 is 1.88 bits per heavy atom. The molecule has 3 rings (SSSR count). The third-order valence-electron chi connectivity index (χ3n) is 4.01. The molecule has 0 unspecified atom stereocenters. The van der Waals surface area contributed by atoms with Crippen LogP contribution in [-0.2, 0) is 16.1 Å². The van der Waals surface area contributed by atoms with E-state index in [4.69, 9.17) is 16.0 Å². The summed E-state index contributed by atoms with van der Waals surface area (Å²) < 4.78 is 10.4. The second-order valence-corrected chi connectivity index (χ2v) is 6.27. The molecule has 0 saturated carbocycles. The average Bonchev–Trinajstić information content (AvgIpc) is 3.08. The Hall–Kier alpha value is -2.79. The SMILES string of the molecule is COC(=O)CCN(Cc1ccccc1)C(=O)c1cc2cc(Cl)ccc2o1. The van der Waals surface area contributed by atoms with Crippen LogP contribution in [0.25, 0.3) is 11.0 Å². The molecule has 0 aliphatic carbocycles. The van der Waals surface area contributed by atoms with Crippen LogP contribution in [0, 0.1) is 0 Å². The largest absolute Gasteiger partial charge is 0.469 e. The Morgan fingerprint density at radius 1 is 1.12 bits per heavy atom. The first-order chi connectivity index (χ1) is 12.6. The minimum atomic E-state index is -0.368. The molecule has 1 heterocycles. The van der Waals surface area contributed by atoms with Crippen LogP contribution in [0.4, 0.5) is 0 Å². The maximum absolute atomic E-state index is 13.0. The summed E-state index contributed by atoms with van der Waals surface area (Å²) >= 11 is 5.99. The Kier molecular flexibility index (Phi) is 5.58. The number of amides is 1. The fourth-order valence-corrected chi connectivity index (χ4v) is 2.84. The van der Waals surface area contributed by atoms with E-state index in [0.29, 0.717) is 17.2 Å². The molecule has 0 atom stereocenters. The normalized spacial score (nSPS) is 10.7. The van der Waals surface area contributed by atoms with Crippen molar-refractivity contribution >= 4 is 34.4 Å². The number of carbonyl (C=O) groups is 2. The van der Waals surface area contributed by atoms with E-state index in [2.05, 4.69) is 4.74 Å². The Labute approximate surface area is 156 Å². The van der Waals surface area contributed by atoms with Crippen LogP contribution >= 0.6 is 11.6 Å². The number of nitrogens with zero attached hydrogens (tertiary/aromatic N) is 1. The molecule has 2 aromatic carbocycles. The third-order valence-corrected chi connectivity index (χ3v) is 4.24. The lowest BCUT2D eigenvalue weighted by Crippen LogP contribution is -2.32. The first-order valence-corrected chi connectivity index (χ1v) is 8.54. The molecule has 0 bridgehead atoms. The van der Waals surface area contributed by atoms with E-state index >= 15 is 0 Å². The number of methoxy groups -OCH3 is 1. The van der Waals surface area contributed by atoms with Gasteiger partial charge in [-0.3, -0.25) is 9.59 Å². The van der Waals surface area contributed by atoms with Crippen LogP contribution < -0.4 is 0 Å². The lowest BCUT2D eigenvalue weighted by Gasteiger charge is -2.21. The molecular formula is C20H18ClNO4. The van der Waals surface area contributed by atoms with Crippen molar-refractivity contribution in [2.24, 2.45) is 0 Å². The summed E-state index contributed by atoms with van der Waals surface area (Å²) in [7, 11) is 1.33.